The Bertz CT molecular complexity index is 714. The maximum Gasteiger partial charge on any atom is 0.140 e. The number of hydrogen-bond donors (Lipinski definition) is 0. The van der Waals surface area contributed by atoms with Crippen LogP contribution >= 0.6 is 0 Å². The third-order valence-electron chi connectivity index (χ3n) is 4.66. The molecular weight excluding hydrogens is 303 g/mol. The second kappa shape index (κ2) is 6.83. The molecule has 24 heavy (non-hydrogen) atoms. The van der Waals surface area contributed by atoms with Crippen LogP contribution in [0.4, 0.5) is 4.39 Å². The molecule has 0 bridgehead atoms. The predicted octanol–water partition coefficient (Wildman–Crippen LogP) is 3.85. The molecule has 1 saturated heterocycles. The lowest BCUT2D eigenvalue weighted by Gasteiger charge is -2.37. The lowest BCUT2D eigenvalue weighted by Crippen LogP contribution is -2.45. The summed E-state index contributed by atoms with van der Waals surface area (Å²) in [5.74, 6) is 6.18. The van der Waals surface area contributed by atoms with E-state index in [1.54, 1.807) is 6.07 Å². The largest absolute Gasteiger partial charge is 0.489 e. The SMILES string of the molecule is CC(C)(C#Cc1cc(OC2CC2)c(C#N)cc1F)N1CCCCC1. The molecule has 1 aliphatic carbocycles. The fourth-order valence-electron chi connectivity index (χ4n) is 2.95. The van der Waals surface area contributed by atoms with E-state index >= 15 is 0 Å². The summed E-state index contributed by atoms with van der Waals surface area (Å²) in [6, 6.07) is 4.81. The van der Waals surface area contributed by atoms with Crippen molar-refractivity contribution in [3.05, 3.63) is 29.1 Å². The molecule has 0 atom stereocenters. The van der Waals surface area contributed by atoms with E-state index in [0.29, 0.717) is 11.3 Å². The summed E-state index contributed by atoms with van der Waals surface area (Å²) < 4.78 is 20.0. The van der Waals surface area contributed by atoms with E-state index in [1.807, 2.05) is 6.07 Å². The molecule has 4 heteroatoms. The highest BCUT2D eigenvalue weighted by molar-refractivity contribution is 5.51. The molecule has 0 N–H and O–H groups in total. The monoisotopic (exact) mass is 326 g/mol. The van der Waals surface area contributed by atoms with Gasteiger partial charge in [-0.1, -0.05) is 18.3 Å². The lowest BCUT2D eigenvalue weighted by atomic mass is 9.98. The molecule has 2 fully saturated rings. The number of benzene rings is 1. The Balaban J connectivity index is 1.85. The Morgan fingerprint density at radius 1 is 1.17 bits per heavy atom. The van der Waals surface area contributed by atoms with Gasteiger partial charge in [0.05, 0.1) is 22.8 Å². The summed E-state index contributed by atoms with van der Waals surface area (Å²) in [7, 11) is 0. The first kappa shape index (κ1) is 16.8. The fraction of sp³-hybridized carbons (Fsp3) is 0.550. The van der Waals surface area contributed by atoms with Gasteiger partial charge in [0, 0.05) is 6.07 Å². The molecule has 0 amide bonds. The Labute approximate surface area is 143 Å². The van der Waals surface area contributed by atoms with Gasteiger partial charge < -0.3 is 4.74 Å². The summed E-state index contributed by atoms with van der Waals surface area (Å²) >= 11 is 0. The molecule has 1 saturated carbocycles. The van der Waals surface area contributed by atoms with Gasteiger partial charge in [0.15, 0.2) is 0 Å². The van der Waals surface area contributed by atoms with Crippen LogP contribution in [-0.4, -0.2) is 29.6 Å². The van der Waals surface area contributed by atoms with Crippen LogP contribution in [-0.2, 0) is 0 Å². The standard InChI is InChI=1S/C20H23FN2O/c1-20(2,23-10-4-3-5-11-23)9-8-15-13-19(24-17-6-7-17)16(14-22)12-18(15)21/h12-13,17H,3-7,10-11H2,1-2H3. The molecule has 1 heterocycles. The van der Waals surface area contributed by atoms with Crippen molar-refractivity contribution in [1.29, 1.82) is 5.26 Å². The minimum atomic E-state index is -0.461. The zero-order chi connectivity index (χ0) is 17.2. The number of piperidine rings is 1. The zero-order valence-electron chi connectivity index (χ0n) is 14.4. The molecule has 126 valence electrons. The molecule has 2 aliphatic rings. The highest BCUT2D eigenvalue weighted by Gasteiger charge is 2.27. The third-order valence-corrected chi connectivity index (χ3v) is 4.66. The van der Waals surface area contributed by atoms with E-state index < -0.39 is 5.82 Å². The Kier molecular flexibility index (Phi) is 4.78. The molecule has 3 nitrogen and oxygen atoms in total. The fourth-order valence-corrected chi connectivity index (χ4v) is 2.95. The minimum absolute atomic E-state index is 0.160. The van der Waals surface area contributed by atoms with Crippen molar-refractivity contribution in [2.75, 3.05) is 13.1 Å². The van der Waals surface area contributed by atoms with E-state index in [-0.39, 0.29) is 17.2 Å². The average molecular weight is 326 g/mol. The summed E-state index contributed by atoms with van der Waals surface area (Å²) in [5.41, 5.74) is 0.244. The van der Waals surface area contributed by atoms with Crippen molar-refractivity contribution in [3.8, 4) is 23.7 Å². The van der Waals surface area contributed by atoms with Gasteiger partial charge in [-0.3, -0.25) is 4.90 Å². The molecule has 1 aromatic rings. The molecule has 0 aromatic heterocycles. The number of ether oxygens (including phenoxy) is 1. The van der Waals surface area contributed by atoms with E-state index in [1.165, 1.54) is 25.3 Å². The van der Waals surface area contributed by atoms with Gasteiger partial charge in [0.1, 0.15) is 17.6 Å². The normalized spacial score (nSPS) is 18.4. The summed E-state index contributed by atoms with van der Waals surface area (Å²) in [5, 5.41) is 9.16. The van der Waals surface area contributed by atoms with E-state index in [2.05, 4.69) is 30.6 Å². The first-order valence-electron chi connectivity index (χ1n) is 8.68. The van der Waals surface area contributed by atoms with Crippen molar-refractivity contribution in [3.63, 3.8) is 0 Å². The molecule has 0 unspecified atom stereocenters. The zero-order valence-corrected chi connectivity index (χ0v) is 14.4. The topological polar surface area (TPSA) is 36.3 Å². The van der Waals surface area contributed by atoms with Crippen molar-refractivity contribution >= 4 is 0 Å². The van der Waals surface area contributed by atoms with Crippen LogP contribution in [0, 0.1) is 29.0 Å². The van der Waals surface area contributed by atoms with Gasteiger partial charge in [-0.2, -0.15) is 5.26 Å². The van der Waals surface area contributed by atoms with Crippen molar-refractivity contribution in [2.45, 2.75) is 57.6 Å². The van der Waals surface area contributed by atoms with Crippen molar-refractivity contribution in [1.82, 2.24) is 4.90 Å². The van der Waals surface area contributed by atoms with Crippen LogP contribution in [0.25, 0.3) is 0 Å². The number of rotatable bonds is 3. The maximum atomic E-state index is 14.3. The molecule has 0 radical (unpaired) electrons. The van der Waals surface area contributed by atoms with Crippen molar-refractivity contribution < 1.29 is 9.13 Å². The van der Waals surface area contributed by atoms with Gasteiger partial charge in [-0.15, -0.1) is 0 Å². The molecule has 1 aliphatic heterocycles. The second-order valence-corrected chi connectivity index (χ2v) is 7.11. The van der Waals surface area contributed by atoms with E-state index in [9.17, 15) is 4.39 Å². The molecule has 0 spiro atoms. The smallest absolute Gasteiger partial charge is 0.140 e. The highest BCUT2D eigenvalue weighted by atomic mass is 19.1. The highest BCUT2D eigenvalue weighted by Crippen LogP contribution is 2.30. The van der Waals surface area contributed by atoms with Crippen LogP contribution in [0.5, 0.6) is 5.75 Å². The summed E-state index contributed by atoms with van der Waals surface area (Å²) in [6.45, 7) is 6.23. The second-order valence-electron chi connectivity index (χ2n) is 7.11. The Hall–Kier alpha value is -2.04. The summed E-state index contributed by atoms with van der Waals surface area (Å²) in [6.07, 6.45) is 5.79. The van der Waals surface area contributed by atoms with Gasteiger partial charge in [0.2, 0.25) is 0 Å². The maximum absolute atomic E-state index is 14.3. The van der Waals surface area contributed by atoms with Gasteiger partial charge in [-0.05, 0) is 58.7 Å². The number of halogens is 1. The first-order chi connectivity index (χ1) is 11.5. The average Bonchev–Trinajstić information content (AvgIpc) is 3.39. The van der Waals surface area contributed by atoms with Crippen LogP contribution in [0.2, 0.25) is 0 Å². The van der Waals surface area contributed by atoms with E-state index in [0.717, 1.165) is 25.9 Å². The number of nitriles is 1. The van der Waals surface area contributed by atoms with Crippen LogP contribution in [0.1, 0.15) is 57.1 Å². The minimum Gasteiger partial charge on any atom is -0.489 e. The van der Waals surface area contributed by atoms with Gasteiger partial charge in [0.25, 0.3) is 0 Å². The molecule has 3 rings (SSSR count). The Morgan fingerprint density at radius 3 is 2.50 bits per heavy atom. The Morgan fingerprint density at radius 2 is 1.88 bits per heavy atom. The van der Waals surface area contributed by atoms with Crippen LogP contribution < -0.4 is 4.74 Å². The van der Waals surface area contributed by atoms with Gasteiger partial charge >= 0.3 is 0 Å². The molecular formula is C20H23FN2O. The van der Waals surface area contributed by atoms with Crippen molar-refractivity contribution in [2.24, 2.45) is 0 Å². The lowest BCUT2D eigenvalue weighted by molar-refractivity contribution is 0.139. The number of nitrogens with zero attached hydrogens (tertiary/aromatic N) is 2. The predicted molar refractivity (Wildman–Crippen MR) is 91.1 cm³/mol. The third kappa shape index (κ3) is 3.89. The van der Waals surface area contributed by atoms with Crippen LogP contribution in [0.15, 0.2) is 12.1 Å². The number of likely N-dealkylation sites (tertiary alicyclic amines) is 1. The van der Waals surface area contributed by atoms with Crippen LogP contribution in [0.3, 0.4) is 0 Å². The molecule has 1 aromatic carbocycles. The first-order valence-corrected chi connectivity index (χ1v) is 8.68. The van der Waals surface area contributed by atoms with E-state index in [4.69, 9.17) is 10.00 Å². The number of hydrogen-bond acceptors (Lipinski definition) is 3. The summed E-state index contributed by atoms with van der Waals surface area (Å²) in [4.78, 5) is 2.35. The quantitative estimate of drug-likeness (QED) is 0.792. The van der Waals surface area contributed by atoms with Gasteiger partial charge in [-0.25, -0.2) is 4.39 Å².